The van der Waals surface area contributed by atoms with Crippen LogP contribution in [-0.4, -0.2) is 53.0 Å². The van der Waals surface area contributed by atoms with E-state index < -0.39 is 17.8 Å². The number of benzene rings is 1. The number of urea groups is 2. The van der Waals surface area contributed by atoms with Crippen LogP contribution in [0.15, 0.2) is 36.5 Å². The van der Waals surface area contributed by atoms with Crippen LogP contribution in [0.2, 0.25) is 10.0 Å². The number of hydrogen-bond acceptors (Lipinski definition) is 3. The van der Waals surface area contributed by atoms with Gasteiger partial charge in [-0.25, -0.2) is 9.59 Å². The molecule has 1 aromatic heterocycles. The van der Waals surface area contributed by atoms with Crippen LogP contribution >= 0.6 is 23.2 Å². The average Bonchev–Trinajstić information content (AvgIpc) is 2.73. The second-order valence-corrected chi connectivity index (χ2v) is 7.56. The molecule has 0 unspecified atom stereocenters. The van der Waals surface area contributed by atoms with E-state index >= 15 is 0 Å². The molecule has 31 heavy (non-hydrogen) atoms. The van der Waals surface area contributed by atoms with E-state index in [9.17, 15) is 22.8 Å². The minimum absolute atomic E-state index is 0.118. The van der Waals surface area contributed by atoms with Gasteiger partial charge in [-0.2, -0.15) is 13.2 Å². The minimum atomic E-state index is -4.54. The summed E-state index contributed by atoms with van der Waals surface area (Å²) in [5, 5.41) is 5.72. The summed E-state index contributed by atoms with van der Waals surface area (Å²) < 4.78 is 38.0. The fourth-order valence-electron chi connectivity index (χ4n) is 2.87. The highest BCUT2D eigenvalue weighted by Gasteiger charge is 2.31. The number of piperazine rings is 1. The van der Waals surface area contributed by atoms with Gasteiger partial charge in [0.25, 0.3) is 0 Å². The Bertz CT molecular complexity index is 949. The number of aromatic nitrogens is 1. The Morgan fingerprint density at radius 1 is 1.00 bits per heavy atom. The standard InChI is InChI=1S/C19H18Cl2F3N5O2/c20-13-1-3-14(4-2-13)27-18(31)29-7-5-28(6-8-29)17(30)26-11-16-15(21)9-12(10-25-16)19(22,23)24/h1-4,9-10H,5-8,11H2,(H,26,30)(H,27,31). The fraction of sp³-hybridized carbons (Fsp3) is 0.316. The van der Waals surface area contributed by atoms with Gasteiger partial charge in [-0.15, -0.1) is 0 Å². The second-order valence-electron chi connectivity index (χ2n) is 6.72. The van der Waals surface area contributed by atoms with Crippen LogP contribution in [0, 0.1) is 0 Å². The highest BCUT2D eigenvalue weighted by molar-refractivity contribution is 6.31. The van der Waals surface area contributed by atoms with Gasteiger partial charge in [0.2, 0.25) is 0 Å². The largest absolute Gasteiger partial charge is 0.417 e. The molecule has 1 saturated heterocycles. The number of hydrogen-bond donors (Lipinski definition) is 2. The molecule has 0 atom stereocenters. The van der Waals surface area contributed by atoms with Crippen LogP contribution in [0.1, 0.15) is 11.3 Å². The number of pyridine rings is 1. The summed E-state index contributed by atoms with van der Waals surface area (Å²) in [5.74, 6) is 0. The minimum Gasteiger partial charge on any atom is -0.332 e. The first kappa shape index (κ1) is 23.0. The average molecular weight is 476 g/mol. The first-order valence-corrected chi connectivity index (χ1v) is 9.95. The molecule has 1 fully saturated rings. The van der Waals surface area contributed by atoms with Crippen molar-refractivity contribution in [2.75, 3.05) is 31.5 Å². The summed E-state index contributed by atoms with van der Waals surface area (Å²) in [5.41, 5.74) is -0.222. The third-order valence-corrected chi connectivity index (χ3v) is 5.18. The third-order valence-electron chi connectivity index (χ3n) is 4.60. The zero-order valence-corrected chi connectivity index (χ0v) is 17.6. The molecule has 3 rings (SSSR count). The van der Waals surface area contributed by atoms with Gasteiger partial charge < -0.3 is 20.4 Å². The predicted octanol–water partition coefficient (Wildman–Crippen LogP) is 4.47. The van der Waals surface area contributed by atoms with Crippen molar-refractivity contribution in [3.8, 4) is 0 Å². The number of carbonyl (C=O) groups is 2. The van der Waals surface area contributed by atoms with Crippen molar-refractivity contribution >= 4 is 41.0 Å². The van der Waals surface area contributed by atoms with Gasteiger partial charge in [-0.05, 0) is 30.3 Å². The Hall–Kier alpha value is -2.72. The summed E-state index contributed by atoms with van der Waals surface area (Å²) in [4.78, 5) is 31.4. The van der Waals surface area contributed by atoms with E-state index in [1.807, 2.05) is 0 Å². The van der Waals surface area contributed by atoms with Gasteiger partial charge in [0.1, 0.15) is 0 Å². The zero-order valence-electron chi connectivity index (χ0n) is 16.0. The summed E-state index contributed by atoms with van der Waals surface area (Å²) in [7, 11) is 0. The van der Waals surface area contributed by atoms with E-state index in [0.717, 1.165) is 6.07 Å². The molecule has 2 aromatic rings. The number of nitrogens with one attached hydrogen (secondary N) is 2. The maximum absolute atomic E-state index is 12.7. The summed E-state index contributed by atoms with van der Waals surface area (Å²) >= 11 is 11.7. The number of alkyl halides is 3. The normalized spacial score (nSPS) is 14.4. The molecular weight excluding hydrogens is 458 g/mol. The smallest absolute Gasteiger partial charge is 0.332 e. The van der Waals surface area contributed by atoms with Crippen LogP contribution in [0.5, 0.6) is 0 Å². The van der Waals surface area contributed by atoms with Crippen molar-refractivity contribution in [3.63, 3.8) is 0 Å². The highest BCUT2D eigenvalue weighted by atomic mass is 35.5. The number of carbonyl (C=O) groups excluding carboxylic acids is 2. The summed E-state index contributed by atoms with van der Waals surface area (Å²) in [6.07, 6.45) is -3.87. The molecular formula is C19H18Cl2F3N5O2. The topological polar surface area (TPSA) is 77.6 Å². The van der Waals surface area contributed by atoms with Gasteiger partial charge in [-0.3, -0.25) is 4.98 Å². The van der Waals surface area contributed by atoms with Gasteiger partial charge in [0, 0.05) is 43.1 Å². The van der Waals surface area contributed by atoms with Crippen LogP contribution in [0.25, 0.3) is 0 Å². The van der Waals surface area contributed by atoms with Crippen molar-refractivity contribution in [2.45, 2.75) is 12.7 Å². The lowest BCUT2D eigenvalue weighted by atomic mass is 10.2. The van der Waals surface area contributed by atoms with E-state index in [4.69, 9.17) is 23.2 Å². The van der Waals surface area contributed by atoms with Gasteiger partial charge >= 0.3 is 18.2 Å². The van der Waals surface area contributed by atoms with E-state index in [2.05, 4.69) is 15.6 Å². The Morgan fingerprint density at radius 3 is 2.13 bits per heavy atom. The maximum atomic E-state index is 12.7. The van der Waals surface area contributed by atoms with Crippen molar-refractivity contribution in [1.29, 1.82) is 0 Å². The molecule has 0 radical (unpaired) electrons. The lowest BCUT2D eigenvalue weighted by molar-refractivity contribution is -0.137. The van der Waals surface area contributed by atoms with E-state index in [0.29, 0.717) is 43.1 Å². The Kier molecular flexibility index (Phi) is 7.11. The molecule has 0 bridgehead atoms. The Balaban J connectivity index is 1.47. The Labute approximate surface area is 186 Å². The maximum Gasteiger partial charge on any atom is 0.417 e. The van der Waals surface area contributed by atoms with Crippen LogP contribution in [0.4, 0.5) is 28.4 Å². The van der Waals surface area contributed by atoms with Crippen LogP contribution in [-0.2, 0) is 12.7 Å². The van der Waals surface area contributed by atoms with E-state index in [1.54, 1.807) is 29.2 Å². The molecule has 2 heterocycles. The number of amides is 4. The molecule has 0 aliphatic carbocycles. The van der Waals surface area contributed by atoms with Crippen molar-refractivity contribution < 1.29 is 22.8 Å². The first-order valence-electron chi connectivity index (χ1n) is 9.19. The van der Waals surface area contributed by atoms with Crippen molar-refractivity contribution in [1.82, 2.24) is 20.1 Å². The van der Waals surface area contributed by atoms with Gasteiger partial charge in [-0.1, -0.05) is 23.2 Å². The Morgan fingerprint density at radius 2 is 1.58 bits per heavy atom. The quantitative estimate of drug-likeness (QED) is 0.687. The molecule has 4 amide bonds. The summed E-state index contributed by atoms with van der Waals surface area (Å²) in [6.45, 7) is 1.13. The zero-order chi connectivity index (χ0) is 22.6. The summed E-state index contributed by atoms with van der Waals surface area (Å²) in [6, 6.07) is 6.76. The monoisotopic (exact) mass is 475 g/mol. The third kappa shape index (κ3) is 6.14. The van der Waals surface area contributed by atoms with Crippen molar-refractivity contribution in [3.05, 3.63) is 57.8 Å². The van der Waals surface area contributed by atoms with Gasteiger partial charge in [0.15, 0.2) is 0 Å². The SMILES string of the molecule is O=C(NCc1ncc(C(F)(F)F)cc1Cl)N1CCN(C(=O)Nc2ccc(Cl)cc2)CC1. The van der Waals surface area contributed by atoms with Crippen LogP contribution in [0.3, 0.4) is 0 Å². The molecule has 12 heteroatoms. The molecule has 1 aliphatic heterocycles. The molecule has 1 aromatic carbocycles. The molecule has 166 valence electrons. The highest BCUT2D eigenvalue weighted by Crippen LogP contribution is 2.31. The van der Waals surface area contributed by atoms with Crippen molar-refractivity contribution in [2.24, 2.45) is 0 Å². The second kappa shape index (κ2) is 9.61. The molecule has 1 aliphatic rings. The lowest BCUT2D eigenvalue weighted by Crippen LogP contribution is -2.53. The van der Waals surface area contributed by atoms with Crippen LogP contribution < -0.4 is 10.6 Å². The fourth-order valence-corrected chi connectivity index (χ4v) is 3.23. The van der Waals surface area contributed by atoms with E-state index in [-0.39, 0.29) is 23.3 Å². The molecule has 7 nitrogen and oxygen atoms in total. The van der Waals surface area contributed by atoms with Gasteiger partial charge in [0.05, 0.1) is 22.8 Å². The number of nitrogens with zero attached hydrogens (tertiary/aromatic N) is 3. The molecule has 0 saturated carbocycles. The molecule has 2 N–H and O–H groups in total. The lowest BCUT2D eigenvalue weighted by Gasteiger charge is -2.34. The number of anilines is 1. The van der Waals surface area contributed by atoms with E-state index in [1.165, 1.54) is 4.90 Å². The number of rotatable bonds is 3. The predicted molar refractivity (Wildman–Crippen MR) is 110 cm³/mol. The first-order chi connectivity index (χ1) is 14.6. The molecule has 0 spiro atoms. The number of halogens is 5.